The maximum atomic E-state index is 12.4. The highest BCUT2D eigenvalue weighted by molar-refractivity contribution is 7.93. The van der Waals surface area contributed by atoms with E-state index in [-0.39, 0.29) is 12.1 Å². The molecule has 10 heteroatoms. The number of amides is 1. The van der Waals surface area contributed by atoms with Crippen LogP contribution in [0, 0.1) is 0 Å². The van der Waals surface area contributed by atoms with Gasteiger partial charge < -0.3 is 19.7 Å². The molecule has 2 aromatic rings. The van der Waals surface area contributed by atoms with Crippen molar-refractivity contribution < 1.29 is 27.5 Å². The van der Waals surface area contributed by atoms with Crippen molar-refractivity contribution in [3.63, 3.8) is 0 Å². The van der Waals surface area contributed by atoms with Gasteiger partial charge in [-0.2, -0.15) is 0 Å². The van der Waals surface area contributed by atoms with E-state index < -0.39 is 27.7 Å². The number of rotatable bonds is 9. The van der Waals surface area contributed by atoms with E-state index in [4.69, 9.17) is 9.47 Å². The summed E-state index contributed by atoms with van der Waals surface area (Å²) in [5.74, 6) is -1.61. The van der Waals surface area contributed by atoms with Crippen LogP contribution >= 0.6 is 0 Å². The summed E-state index contributed by atoms with van der Waals surface area (Å²) in [6, 6.07) is 11.9. The fourth-order valence-electron chi connectivity index (χ4n) is 3.67. The molecule has 9 nitrogen and oxygen atoms in total. The number of carbonyl (C=O) groups is 2. The lowest BCUT2D eigenvalue weighted by atomic mass is 10.1. The zero-order valence-electron chi connectivity index (χ0n) is 18.8. The lowest BCUT2D eigenvalue weighted by molar-refractivity contribution is -0.118. The Morgan fingerprint density at radius 3 is 2.33 bits per heavy atom. The Bertz CT molecular complexity index is 1080. The fraction of sp³-hybridized carbons (Fsp3) is 0.391. The van der Waals surface area contributed by atoms with Gasteiger partial charge in [-0.3, -0.25) is 9.52 Å². The van der Waals surface area contributed by atoms with Gasteiger partial charge in [0.25, 0.3) is 0 Å². The predicted octanol–water partition coefficient (Wildman–Crippen LogP) is 2.53. The van der Waals surface area contributed by atoms with Crippen molar-refractivity contribution in [3.8, 4) is 5.75 Å². The summed E-state index contributed by atoms with van der Waals surface area (Å²) >= 11 is 0. The molecule has 0 atom stereocenters. The van der Waals surface area contributed by atoms with Gasteiger partial charge in [-0.05, 0) is 61.2 Å². The molecular formula is C23H29N3O6S. The number of nitrogens with zero attached hydrogens (tertiary/aromatic N) is 1. The molecule has 1 heterocycles. The lowest BCUT2D eigenvalue weighted by Crippen LogP contribution is -2.32. The summed E-state index contributed by atoms with van der Waals surface area (Å²) in [7, 11) is -1.19. The largest absolute Gasteiger partial charge is 0.496 e. The number of esters is 1. The zero-order chi connectivity index (χ0) is 23.8. The first kappa shape index (κ1) is 24.4. The Labute approximate surface area is 194 Å². The van der Waals surface area contributed by atoms with Crippen molar-refractivity contribution in [1.82, 2.24) is 5.32 Å². The Morgan fingerprint density at radius 2 is 1.70 bits per heavy atom. The Balaban J connectivity index is 1.55. The maximum absolute atomic E-state index is 12.4. The van der Waals surface area contributed by atoms with Crippen LogP contribution in [0.2, 0.25) is 0 Å². The van der Waals surface area contributed by atoms with Crippen molar-refractivity contribution >= 4 is 33.3 Å². The highest BCUT2D eigenvalue weighted by Crippen LogP contribution is 2.23. The second-order valence-electron chi connectivity index (χ2n) is 7.76. The first-order valence-electron chi connectivity index (χ1n) is 10.7. The first-order valence-corrected chi connectivity index (χ1v) is 12.3. The number of methoxy groups -OCH3 is 2. The van der Waals surface area contributed by atoms with Gasteiger partial charge >= 0.3 is 5.97 Å². The molecular weight excluding hydrogens is 446 g/mol. The third kappa shape index (κ3) is 6.85. The minimum absolute atomic E-state index is 0.0485. The number of benzene rings is 2. The molecule has 0 aromatic heterocycles. The summed E-state index contributed by atoms with van der Waals surface area (Å²) in [4.78, 5) is 26.4. The Hall–Kier alpha value is -3.27. The standard InChI is InChI=1S/C23H29N3O6S/c1-31-21-11-6-17(14-20(21)23(28)32-2)15-24-22(27)16-33(29,30)25-18-7-9-19(10-8-18)26-12-4-3-5-13-26/h6-11,14,25H,3-5,12-13,15-16H2,1-2H3,(H,24,27). The van der Waals surface area contributed by atoms with Gasteiger partial charge in [0.15, 0.2) is 0 Å². The van der Waals surface area contributed by atoms with Gasteiger partial charge in [-0.15, -0.1) is 0 Å². The molecule has 33 heavy (non-hydrogen) atoms. The van der Waals surface area contributed by atoms with Crippen LogP contribution in [0.4, 0.5) is 11.4 Å². The van der Waals surface area contributed by atoms with Crippen LogP contribution in [0.15, 0.2) is 42.5 Å². The summed E-state index contributed by atoms with van der Waals surface area (Å²) in [5.41, 5.74) is 2.28. The second kappa shape index (κ2) is 11.0. The predicted molar refractivity (Wildman–Crippen MR) is 126 cm³/mol. The van der Waals surface area contributed by atoms with Gasteiger partial charge in [-0.1, -0.05) is 6.07 Å². The number of ether oxygens (including phenoxy) is 2. The number of carbonyl (C=O) groups excluding carboxylic acids is 2. The molecule has 3 rings (SSSR count). The molecule has 0 saturated carbocycles. The summed E-state index contributed by atoms with van der Waals surface area (Å²) in [6.45, 7) is 2.05. The third-order valence-electron chi connectivity index (χ3n) is 5.34. The van der Waals surface area contributed by atoms with Gasteiger partial charge in [0.2, 0.25) is 15.9 Å². The molecule has 0 aliphatic carbocycles. The molecule has 1 fully saturated rings. The van der Waals surface area contributed by atoms with E-state index in [9.17, 15) is 18.0 Å². The molecule has 0 spiro atoms. The summed E-state index contributed by atoms with van der Waals surface area (Å²) < 4.78 is 37.1. The molecule has 2 aromatic carbocycles. The smallest absolute Gasteiger partial charge is 0.341 e. The van der Waals surface area contributed by atoms with Crippen LogP contribution in [0.5, 0.6) is 5.75 Å². The summed E-state index contributed by atoms with van der Waals surface area (Å²) in [6.07, 6.45) is 3.55. The van der Waals surface area contributed by atoms with E-state index in [0.717, 1.165) is 31.6 Å². The molecule has 0 unspecified atom stereocenters. The van der Waals surface area contributed by atoms with Crippen molar-refractivity contribution in [2.24, 2.45) is 0 Å². The van der Waals surface area contributed by atoms with Crippen LogP contribution in [-0.2, 0) is 26.1 Å². The molecule has 2 N–H and O–H groups in total. The van der Waals surface area contributed by atoms with Crippen LogP contribution in [0.25, 0.3) is 0 Å². The Kier molecular flexibility index (Phi) is 8.16. The van der Waals surface area contributed by atoms with Crippen molar-refractivity contribution in [2.45, 2.75) is 25.8 Å². The van der Waals surface area contributed by atoms with Crippen LogP contribution in [0.3, 0.4) is 0 Å². The van der Waals surface area contributed by atoms with Gasteiger partial charge in [-0.25, -0.2) is 13.2 Å². The highest BCUT2D eigenvalue weighted by atomic mass is 32.2. The van der Waals surface area contributed by atoms with E-state index in [1.807, 2.05) is 12.1 Å². The molecule has 1 saturated heterocycles. The topological polar surface area (TPSA) is 114 Å². The van der Waals surface area contributed by atoms with Crippen molar-refractivity contribution in [2.75, 3.05) is 42.7 Å². The van der Waals surface area contributed by atoms with Crippen molar-refractivity contribution in [1.29, 1.82) is 0 Å². The number of hydrogen-bond acceptors (Lipinski definition) is 7. The van der Waals surface area contributed by atoms with E-state index in [2.05, 4.69) is 14.9 Å². The number of nitrogens with one attached hydrogen (secondary N) is 2. The second-order valence-corrected chi connectivity index (χ2v) is 9.48. The Morgan fingerprint density at radius 1 is 1.00 bits per heavy atom. The number of hydrogen-bond donors (Lipinski definition) is 2. The van der Waals surface area contributed by atoms with E-state index >= 15 is 0 Å². The minimum Gasteiger partial charge on any atom is -0.496 e. The molecule has 1 aliphatic rings. The van der Waals surface area contributed by atoms with Crippen LogP contribution in [-0.4, -0.2) is 53.4 Å². The summed E-state index contributed by atoms with van der Waals surface area (Å²) in [5, 5.41) is 2.56. The number of sulfonamides is 1. The van der Waals surface area contributed by atoms with Crippen LogP contribution in [0.1, 0.15) is 35.2 Å². The van der Waals surface area contributed by atoms with E-state index in [0.29, 0.717) is 17.0 Å². The average molecular weight is 476 g/mol. The number of anilines is 2. The zero-order valence-corrected chi connectivity index (χ0v) is 19.6. The highest BCUT2D eigenvalue weighted by Gasteiger charge is 2.18. The van der Waals surface area contributed by atoms with Crippen molar-refractivity contribution in [3.05, 3.63) is 53.6 Å². The molecule has 178 valence electrons. The molecule has 0 bridgehead atoms. The normalized spacial score (nSPS) is 13.8. The fourth-order valence-corrected chi connectivity index (χ4v) is 4.68. The monoisotopic (exact) mass is 475 g/mol. The minimum atomic E-state index is -3.88. The van der Waals surface area contributed by atoms with Gasteiger partial charge in [0.05, 0.1) is 14.2 Å². The maximum Gasteiger partial charge on any atom is 0.341 e. The molecule has 1 amide bonds. The van der Waals surface area contributed by atoms with E-state index in [1.165, 1.54) is 26.7 Å². The third-order valence-corrected chi connectivity index (χ3v) is 6.53. The lowest BCUT2D eigenvalue weighted by Gasteiger charge is -2.28. The van der Waals surface area contributed by atoms with Gasteiger partial charge in [0, 0.05) is 31.0 Å². The van der Waals surface area contributed by atoms with Crippen LogP contribution < -0.4 is 19.7 Å². The molecule has 0 radical (unpaired) electrons. The average Bonchev–Trinajstić information content (AvgIpc) is 2.82. The molecule has 1 aliphatic heterocycles. The quantitative estimate of drug-likeness (QED) is 0.536. The first-order chi connectivity index (χ1) is 15.8. The number of piperidine rings is 1. The SMILES string of the molecule is COC(=O)c1cc(CNC(=O)CS(=O)(=O)Nc2ccc(N3CCCCC3)cc2)ccc1OC. The van der Waals surface area contributed by atoms with Gasteiger partial charge in [0.1, 0.15) is 17.1 Å². The van der Waals surface area contributed by atoms with E-state index in [1.54, 1.807) is 24.3 Å².